The molecule has 0 aliphatic carbocycles. The van der Waals surface area contributed by atoms with Crippen molar-refractivity contribution in [3.05, 3.63) is 135 Å². The minimum Gasteiger partial charge on any atom is -0.494 e. The number of halogens is 5. The topological polar surface area (TPSA) is 80.2 Å². The highest BCUT2D eigenvalue weighted by Crippen LogP contribution is 2.45. The van der Waals surface area contributed by atoms with E-state index in [1.807, 2.05) is 30.3 Å². The van der Waals surface area contributed by atoms with Crippen LogP contribution in [0.3, 0.4) is 0 Å². The van der Waals surface area contributed by atoms with Gasteiger partial charge in [-0.2, -0.15) is 13.2 Å². The van der Waals surface area contributed by atoms with Gasteiger partial charge in [-0.3, -0.25) is 4.79 Å². The van der Waals surface area contributed by atoms with E-state index in [-0.39, 0.29) is 29.5 Å². The van der Waals surface area contributed by atoms with Gasteiger partial charge in [0.1, 0.15) is 5.75 Å². The van der Waals surface area contributed by atoms with Crippen LogP contribution in [0, 0.1) is 0 Å². The van der Waals surface area contributed by atoms with Crippen molar-refractivity contribution >= 4 is 35.0 Å². The molecule has 6 nitrogen and oxygen atoms in total. The largest absolute Gasteiger partial charge is 0.494 e. The van der Waals surface area contributed by atoms with Crippen LogP contribution in [0.5, 0.6) is 5.75 Å². The van der Waals surface area contributed by atoms with E-state index in [9.17, 15) is 18.0 Å². The molecule has 0 bridgehead atoms. The number of carbonyl (C=O) groups is 1. The maximum absolute atomic E-state index is 14.4. The fraction of sp³-hybridized carbons (Fsp3) is 0.235. The van der Waals surface area contributed by atoms with Crippen molar-refractivity contribution in [2.24, 2.45) is 4.99 Å². The molecule has 0 fully saturated rings. The van der Waals surface area contributed by atoms with Crippen LogP contribution in [-0.4, -0.2) is 35.7 Å². The van der Waals surface area contributed by atoms with Crippen LogP contribution in [0.2, 0.25) is 10.0 Å². The number of nitrogens with one attached hydrogen (secondary N) is 1. The number of benzene rings is 4. The van der Waals surface area contributed by atoms with Crippen LogP contribution >= 0.6 is 23.2 Å². The average molecular weight is 658 g/mol. The third-order valence-electron chi connectivity index (χ3n) is 7.35. The van der Waals surface area contributed by atoms with Gasteiger partial charge in [-0.25, -0.2) is 4.99 Å². The van der Waals surface area contributed by atoms with Crippen LogP contribution in [0.15, 0.2) is 102 Å². The van der Waals surface area contributed by atoms with E-state index in [2.05, 4.69) is 5.32 Å². The number of amides is 1. The number of nitrogens with zero attached hydrogens (tertiary/aromatic N) is 1. The molecule has 2 atom stereocenters. The first-order chi connectivity index (χ1) is 21.6. The van der Waals surface area contributed by atoms with Crippen molar-refractivity contribution in [2.75, 3.05) is 13.2 Å². The maximum atomic E-state index is 14.4. The van der Waals surface area contributed by atoms with E-state index in [4.69, 9.17) is 42.8 Å². The zero-order valence-electron chi connectivity index (χ0n) is 23.9. The molecule has 1 aliphatic heterocycles. The number of hydrogen-bond donors (Lipinski definition) is 2. The molecule has 1 amide bonds. The molecule has 4 aromatic carbocycles. The lowest BCUT2D eigenvalue weighted by molar-refractivity contribution is -0.138. The van der Waals surface area contributed by atoms with Crippen LogP contribution in [0.1, 0.15) is 40.3 Å². The van der Waals surface area contributed by atoms with E-state index < -0.39 is 35.8 Å². The van der Waals surface area contributed by atoms with E-state index in [0.717, 1.165) is 11.6 Å². The molecule has 0 unspecified atom stereocenters. The third-order valence-corrected chi connectivity index (χ3v) is 7.92. The fourth-order valence-electron chi connectivity index (χ4n) is 5.16. The third kappa shape index (κ3) is 7.44. The number of rotatable bonds is 11. The second-order valence-corrected chi connectivity index (χ2v) is 11.3. The van der Waals surface area contributed by atoms with Gasteiger partial charge >= 0.3 is 6.18 Å². The van der Waals surface area contributed by atoms with Gasteiger partial charge in [-0.1, -0.05) is 77.8 Å². The Labute approximate surface area is 268 Å². The first kappa shape index (κ1) is 32.3. The number of carbonyl (C=O) groups excluding carboxylic acids is 1. The lowest BCUT2D eigenvalue weighted by atomic mass is 9.82. The van der Waals surface area contributed by atoms with Crippen molar-refractivity contribution in [2.45, 2.75) is 37.2 Å². The first-order valence-corrected chi connectivity index (χ1v) is 14.9. The Hall–Kier alpha value is -4.05. The van der Waals surface area contributed by atoms with Gasteiger partial charge in [0, 0.05) is 47.2 Å². The number of aliphatic hydroxyl groups excluding tert-OH is 1. The highest BCUT2D eigenvalue weighted by molar-refractivity contribution is 6.35. The predicted octanol–water partition coefficient (Wildman–Crippen LogP) is 7.59. The zero-order valence-corrected chi connectivity index (χ0v) is 25.4. The summed E-state index contributed by atoms with van der Waals surface area (Å²) in [4.78, 5) is 19.2. The Kier molecular flexibility index (Phi) is 10.0. The molecule has 4 aromatic rings. The summed E-state index contributed by atoms with van der Waals surface area (Å²) in [5, 5.41) is 12.4. The maximum Gasteiger partial charge on any atom is 0.416 e. The minimum atomic E-state index is -4.60. The van der Waals surface area contributed by atoms with Gasteiger partial charge in [-0.15, -0.1) is 0 Å². The molecule has 11 heteroatoms. The molecule has 0 aromatic heterocycles. The summed E-state index contributed by atoms with van der Waals surface area (Å²) in [5.74, 6) is 0.0766. The molecule has 0 saturated heterocycles. The molecule has 2 N–H and O–H groups in total. The molecular weight excluding hydrogens is 628 g/mol. The van der Waals surface area contributed by atoms with Crippen LogP contribution in [0.4, 0.5) is 13.2 Å². The summed E-state index contributed by atoms with van der Waals surface area (Å²) < 4.78 is 53.3. The number of aliphatic imine (C=N–C) groups is 1. The summed E-state index contributed by atoms with van der Waals surface area (Å²) in [6, 6.07) is 25.9. The van der Waals surface area contributed by atoms with Crippen molar-refractivity contribution in [3.63, 3.8) is 0 Å². The SMILES string of the molecule is O=C(NCc1ccccc1C(F)(F)F)[C@]1(Cc2ccccc2)N=C(c2ccc(OCCCO)cc2)O[C@@H]1c1ccc(Cl)cc1Cl. The van der Waals surface area contributed by atoms with Crippen molar-refractivity contribution in [1.82, 2.24) is 5.32 Å². The normalized spacial score (nSPS) is 17.8. The summed E-state index contributed by atoms with van der Waals surface area (Å²) in [5.41, 5.74) is -0.866. The van der Waals surface area contributed by atoms with E-state index in [0.29, 0.717) is 34.9 Å². The van der Waals surface area contributed by atoms with Gasteiger partial charge < -0.3 is 19.9 Å². The summed E-state index contributed by atoms with van der Waals surface area (Å²) in [7, 11) is 0. The highest BCUT2D eigenvalue weighted by Gasteiger charge is 2.54. The average Bonchev–Trinajstić information content (AvgIpc) is 3.40. The summed E-state index contributed by atoms with van der Waals surface area (Å²) in [6.45, 7) is -0.0517. The van der Waals surface area contributed by atoms with Crippen LogP contribution < -0.4 is 10.1 Å². The predicted molar refractivity (Wildman–Crippen MR) is 167 cm³/mol. The molecule has 0 spiro atoms. The quantitative estimate of drug-likeness (QED) is 0.163. The summed E-state index contributed by atoms with van der Waals surface area (Å²) in [6.07, 6.45) is -5.13. The molecule has 234 valence electrons. The Morgan fingerprint density at radius 2 is 1.69 bits per heavy atom. The minimum absolute atomic E-state index is 0.00469. The monoisotopic (exact) mass is 656 g/mol. The van der Waals surface area contributed by atoms with E-state index in [1.165, 1.54) is 24.3 Å². The fourth-order valence-corrected chi connectivity index (χ4v) is 5.67. The molecule has 1 heterocycles. The van der Waals surface area contributed by atoms with Crippen LogP contribution in [-0.2, 0) is 28.7 Å². The molecular formula is C34H29Cl2F3N2O4. The van der Waals surface area contributed by atoms with Gasteiger partial charge in [0.15, 0.2) is 11.6 Å². The molecule has 0 radical (unpaired) electrons. The van der Waals surface area contributed by atoms with Crippen LogP contribution in [0.25, 0.3) is 0 Å². The standard InChI is InChI=1S/C34H29Cl2F3N2O4/c35-25-13-16-27(29(36)19-25)30-33(20-22-7-2-1-3-8-22,32(43)40-21-24-9-4-5-10-28(24)34(37,38)39)41-31(45-30)23-11-14-26(15-12-23)44-18-6-17-42/h1-5,7-16,19,30,42H,6,17-18,20-21H2,(H,40,43)/t30-,33-/m1/s1. The molecule has 0 saturated carbocycles. The molecule has 5 rings (SSSR count). The van der Waals surface area contributed by atoms with Crippen molar-refractivity contribution in [1.29, 1.82) is 0 Å². The molecule has 1 aliphatic rings. The van der Waals surface area contributed by atoms with Gasteiger partial charge in [0.05, 0.1) is 12.2 Å². The van der Waals surface area contributed by atoms with Gasteiger partial charge in [-0.05, 0) is 53.6 Å². The van der Waals surface area contributed by atoms with Gasteiger partial charge in [0.25, 0.3) is 5.91 Å². The molecule has 45 heavy (non-hydrogen) atoms. The second kappa shape index (κ2) is 13.9. The Morgan fingerprint density at radius 1 is 0.978 bits per heavy atom. The first-order valence-electron chi connectivity index (χ1n) is 14.1. The highest BCUT2D eigenvalue weighted by atomic mass is 35.5. The lowest BCUT2D eigenvalue weighted by Gasteiger charge is -2.31. The summed E-state index contributed by atoms with van der Waals surface area (Å²) >= 11 is 12.8. The van der Waals surface area contributed by atoms with Crippen molar-refractivity contribution in [3.8, 4) is 5.75 Å². The Balaban J connectivity index is 1.58. The number of ether oxygens (including phenoxy) is 2. The van der Waals surface area contributed by atoms with Crippen molar-refractivity contribution < 1.29 is 32.5 Å². The van der Waals surface area contributed by atoms with Gasteiger partial charge in [0.2, 0.25) is 5.90 Å². The zero-order chi connectivity index (χ0) is 32.0. The lowest BCUT2D eigenvalue weighted by Crippen LogP contribution is -2.49. The Morgan fingerprint density at radius 3 is 2.38 bits per heavy atom. The Bertz CT molecular complexity index is 1670. The van der Waals surface area contributed by atoms with E-state index in [1.54, 1.807) is 36.4 Å². The smallest absolute Gasteiger partial charge is 0.416 e. The number of aliphatic hydroxyl groups is 1. The van der Waals surface area contributed by atoms with E-state index >= 15 is 0 Å². The number of hydrogen-bond acceptors (Lipinski definition) is 5. The second-order valence-electron chi connectivity index (χ2n) is 10.5. The number of alkyl halides is 3.